The highest BCUT2D eigenvalue weighted by molar-refractivity contribution is 5.47. The third-order valence-corrected chi connectivity index (χ3v) is 4.72. The Hall–Kier alpha value is -1.26. The smallest absolute Gasteiger partial charge is 0.161 e. The van der Waals surface area contributed by atoms with Crippen LogP contribution in [0, 0.1) is 5.41 Å². The van der Waals surface area contributed by atoms with Crippen LogP contribution in [0.25, 0.3) is 0 Å². The minimum absolute atomic E-state index is 0.0887. The molecule has 3 aliphatic rings. The second-order valence-electron chi connectivity index (χ2n) is 5.97. The third-order valence-electron chi connectivity index (χ3n) is 4.72. The van der Waals surface area contributed by atoms with E-state index in [1.54, 1.807) is 14.2 Å². The van der Waals surface area contributed by atoms with Gasteiger partial charge < -0.3 is 19.9 Å². The van der Waals surface area contributed by atoms with Crippen molar-refractivity contribution in [3.63, 3.8) is 0 Å². The summed E-state index contributed by atoms with van der Waals surface area (Å²) in [6, 6.07) is 6.17. The van der Waals surface area contributed by atoms with E-state index in [0.29, 0.717) is 0 Å². The molecule has 1 aromatic carbocycles. The SMILES string of the molecule is COc1ccc(C23CNCC(CO)(C2)C3)cc1OC. The fourth-order valence-electron chi connectivity index (χ4n) is 3.84. The van der Waals surface area contributed by atoms with Crippen molar-refractivity contribution in [3.05, 3.63) is 23.8 Å². The second kappa shape index (κ2) is 4.39. The van der Waals surface area contributed by atoms with Gasteiger partial charge >= 0.3 is 0 Å². The molecule has 3 fully saturated rings. The predicted octanol–water partition coefficient (Wildman–Crippen LogP) is 1.32. The molecule has 0 atom stereocenters. The molecule has 0 unspecified atom stereocenters. The Morgan fingerprint density at radius 1 is 1.16 bits per heavy atom. The quantitative estimate of drug-likeness (QED) is 0.860. The summed E-state index contributed by atoms with van der Waals surface area (Å²) in [5, 5.41) is 13.0. The van der Waals surface area contributed by atoms with Crippen molar-refractivity contribution in [1.29, 1.82) is 0 Å². The van der Waals surface area contributed by atoms with Crippen LogP contribution in [-0.4, -0.2) is 39.0 Å². The normalized spacial score (nSPS) is 32.6. The number of fused-ring (bicyclic) bond motifs is 2. The van der Waals surface area contributed by atoms with Gasteiger partial charge in [-0.1, -0.05) is 6.07 Å². The first-order valence-electron chi connectivity index (χ1n) is 6.71. The maximum atomic E-state index is 9.55. The van der Waals surface area contributed by atoms with E-state index >= 15 is 0 Å². The molecule has 0 radical (unpaired) electrons. The molecule has 0 spiro atoms. The molecule has 1 aliphatic carbocycles. The molecule has 0 aromatic heterocycles. The van der Waals surface area contributed by atoms with Crippen LogP contribution < -0.4 is 14.8 Å². The van der Waals surface area contributed by atoms with Crippen LogP contribution in [0.3, 0.4) is 0 Å². The average molecular weight is 263 g/mol. The molecule has 2 bridgehead atoms. The first-order valence-corrected chi connectivity index (χ1v) is 6.71. The van der Waals surface area contributed by atoms with Gasteiger partial charge in [0.15, 0.2) is 11.5 Å². The monoisotopic (exact) mass is 263 g/mol. The summed E-state index contributed by atoms with van der Waals surface area (Å²) in [6.45, 7) is 2.18. The van der Waals surface area contributed by atoms with Gasteiger partial charge in [-0.15, -0.1) is 0 Å². The Morgan fingerprint density at radius 2 is 1.89 bits per heavy atom. The van der Waals surface area contributed by atoms with E-state index in [1.165, 1.54) is 5.56 Å². The Labute approximate surface area is 113 Å². The molecule has 2 heterocycles. The van der Waals surface area contributed by atoms with Gasteiger partial charge in [-0.3, -0.25) is 0 Å². The third kappa shape index (κ3) is 1.82. The van der Waals surface area contributed by atoms with E-state index in [4.69, 9.17) is 9.47 Å². The van der Waals surface area contributed by atoms with Crippen molar-refractivity contribution in [2.45, 2.75) is 18.3 Å². The van der Waals surface area contributed by atoms with E-state index < -0.39 is 0 Å². The summed E-state index contributed by atoms with van der Waals surface area (Å²) in [5.74, 6) is 1.54. The van der Waals surface area contributed by atoms with Gasteiger partial charge in [-0.05, 0) is 30.5 Å². The van der Waals surface area contributed by atoms with Crippen molar-refractivity contribution >= 4 is 0 Å². The lowest BCUT2D eigenvalue weighted by Gasteiger charge is -2.60. The van der Waals surface area contributed by atoms with Crippen LogP contribution in [0.2, 0.25) is 0 Å². The van der Waals surface area contributed by atoms with Crippen LogP contribution in [0.15, 0.2) is 18.2 Å². The second-order valence-corrected chi connectivity index (χ2v) is 5.97. The number of ether oxygens (including phenoxy) is 2. The minimum atomic E-state index is 0.0887. The van der Waals surface area contributed by atoms with Crippen molar-refractivity contribution in [2.24, 2.45) is 5.41 Å². The Morgan fingerprint density at radius 3 is 2.53 bits per heavy atom. The zero-order valence-corrected chi connectivity index (χ0v) is 11.5. The minimum Gasteiger partial charge on any atom is -0.493 e. The number of hydrogen-bond acceptors (Lipinski definition) is 4. The molecule has 1 aromatic rings. The Kier molecular flexibility index (Phi) is 2.95. The number of nitrogens with one attached hydrogen (secondary N) is 1. The molecule has 4 heteroatoms. The highest BCUT2D eigenvalue weighted by Crippen LogP contribution is 2.58. The van der Waals surface area contributed by atoms with Crippen LogP contribution in [-0.2, 0) is 5.41 Å². The van der Waals surface area contributed by atoms with Crippen LogP contribution in [0.1, 0.15) is 18.4 Å². The summed E-state index contributed by atoms with van der Waals surface area (Å²) in [7, 11) is 3.31. The summed E-state index contributed by atoms with van der Waals surface area (Å²) in [5.41, 5.74) is 1.52. The predicted molar refractivity (Wildman–Crippen MR) is 72.8 cm³/mol. The Balaban J connectivity index is 1.91. The fraction of sp³-hybridized carbons (Fsp3) is 0.600. The van der Waals surface area contributed by atoms with E-state index in [2.05, 4.69) is 17.4 Å². The number of rotatable bonds is 4. The fourth-order valence-corrected chi connectivity index (χ4v) is 3.84. The molecular formula is C15H21NO3. The van der Waals surface area contributed by atoms with Gasteiger partial charge in [-0.25, -0.2) is 0 Å². The molecule has 4 nitrogen and oxygen atoms in total. The maximum Gasteiger partial charge on any atom is 0.161 e. The van der Waals surface area contributed by atoms with Gasteiger partial charge in [0.25, 0.3) is 0 Å². The van der Waals surface area contributed by atoms with Crippen LogP contribution in [0.4, 0.5) is 0 Å². The van der Waals surface area contributed by atoms with Crippen molar-refractivity contribution in [1.82, 2.24) is 5.32 Å². The highest BCUT2D eigenvalue weighted by atomic mass is 16.5. The summed E-state index contributed by atoms with van der Waals surface area (Å²) in [4.78, 5) is 0. The molecule has 2 saturated heterocycles. The molecule has 2 N–H and O–H groups in total. The lowest BCUT2D eigenvalue weighted by Crippen LogP contribution is -2.65. The van der Waals surface area contributed by atoms with E-state index in [9.17, 15) is 5.11 Å². The Bertz CT molecular complexity index is 480. The largest absolute Gasteiger partial charge is 0.493 e. The number of piperidine rings is 2. The molecule has 2 aliphatic heterocycles. The first kappa shape index (κ1) is 12.8. The summed E-state index contributed by atoms with van der Waals surface area (Å²) < 4.78 is 10.7. The van der Waals surface area contributed by atoms with E-state index in [1.807, 2.05) is 6.07 Å². The molecule has 4 rings (SSSR count). The summed E-state index contributed by atoms with van der Waals surface area (Å²) >= 11 is 0. The van der Waals surface area contributed by atoms with Crippen molar-refractivity contribution in [3.8, 4) is 11.5 Å². The molecule has 104 valence electrons. The average Bonchev–Trinajstić information content (AvgIpc) is 2.45. The van der Waals surface area contributed by atoms with Crippen molar-refractivity contribution in [2.75, 3.05) is 33.9 Å². The van der Waals surface area contributed by atoms with E-state index in [0.717, 1.165) is 37.4 Å². The maximum absolute atomic E-state index is 9.55. The van der Waals surface area contributed by atoms with E-state index in [-0.39, 0.29) is 17.4 Å². The lowest BCUT2D eigenvalue weighted by molar-refractivity contribution is -0.0582. The molecular weight excluding hydrogens is 242 g/mol. The summed E-state index contributed by atoms with van der Waals surface area (Å²) in [6.07, 6.45) is 2.11. The van der Waals surface area contributed by atoms with Crippen LogP contribution >= 0.6 is 0 Å². The zero-order valence-electron chi connectivity index (χ0n) is 11.5. The zero-order chi connectivity index (χ0) is 13.5. The van der Waals surface area contributed by atoms with Gasteiger partial charge in [0, 0.05) is 30.5 Å². The number of hydrogen-bond donors (Lipinski definition) is 2. The van der Waals surface area contributed by atoms with Gasteiger partial charge in [0.1, 0.15) is 0 Å². The van der Waals surface area contributed by atoms with Crippen molar-refractivity contribution < 1.29 is 14.6 Å². The molecule has 0 amide bonds. The number of methoxy groups -OCH3 is 2. The van der Waals surface area contributed by atoms with Gasteiger partial charge in [0.05, 0.1) is 14.2 Å². The number of aliphatic hydroxyl groups is 1. The topological polar surface area (TPSA) is 50.7 Å². The van der Waals surface area contributed by atoms with Gasteiger partial charge in [0.2, 0.25) is 0 Å². The number of aliphatic hydroxyl groups excluding tert-OH is 1. The molecule has 19 heavy (non-hydrogen) atoms. The van der Waals surface area contributed by atoms with Gasteiger partial charge in [-0.2, -0.15) is 0 Å². The number of benzene rings is 1. The highest BCUT2D eigenvalue weighted by Gasteiger charge is 2.57. The van der Waals surface area contributed by atoms with Crippen LogP contribution in [0.5, 0.6) is 11.5 Å². The first-order chi connectivity index (χ1) is 9.17. The standard InChI is InChI=1S/C15H21NO3/c1-18-12-4-3-11(5-13(12)19-2)15-6-14(7-15,10-17)8-16-9-15/h3-5,16-17H,6-10H2,1-2H3. The molecule has 1 saturated carbocycles. The lowest BCUT2D eigenvalue weighted by atomic mass is 9.48.